The molecule has 3 aliphatic heterocycles. The number of anilines is 1. The Morgan fingerprint density at radius 2 is 1.59 bits per heavy atom. The number of piperidine rings is 1. The highest BCUT2D eigenvalue weighted by Crippen LogP contribution is 2.39. The van der Waals surface area contributed by atoms with E-state index in [0.29, 0.717) is 48.6 Å². The molecule has 0 aliphatic carbocycles. The molecule has 3 N–H and O–H groups in total. The number of unbranched alkanes of at least 4 members (excludes halogenated alkanes) is 5. The van der Waals surface area contributed by atoms with E-state index in [2.05, 4.69) is 25.8 Å². The summed E-state index contributed by atoms with van der Waals surface area (Å²) in [5, 5.41) is 9.96. The number of hydrogen-bond donors (Lipinski definition) is 3. The number of nitrogens with one attached hydrogen (secondary N) is 3. The zero-order valence-corrected chi connectivity index (χ0v) is 33.8. The average molecular weight is 806 g/mol. The van der Waals surface area contributed by atoms with E-state index in [-0.39, 0.29) is 41.4 Å². The van der Waals surface area contributed by atoms with Gasteiger partial charge in [-0.05, 0) is 66.5 Å². The van der Waals surface area contributed by atoms with Crippen LogP contribution in [0.5, 0.6) is 11.5 Å². The first-order chi connectivity index (χ1) is 28.6. The fourth-order valence-electron chi connectivity index (χ4n) is 8.40. The van der Waals surface area contributed by atoms with Gasteiger partial charge in [-0.3, -0.25) is 48.9 Å². The molecule has 7 rings (SSSR count). The number of imide groups is 2. The van der Waals surface area contributed by atoms with Crippen molar-refractivity contribution < 1.29 is 33.4 Å². The first kappa shape index (κ1) is 41.1. The number of likely N-dealkylation sites (tertiary alicyclic amines) is 1. The molecule has 0 spiro atoms. The van der Waals surface area contributed by atoms with Crippen LogP contribution in [0.1, 0.15) is 84.1 Å². The summed E-state index contributed by atoms with van der Waals surface area (Å²) in [5.74, 6) is -0.306. The van der Waals surface area contributed by atoms with Gasteiger partial charge in [-0.2, -0.15) is 0 Å². The number of hydrogen-bond acceptors (Lipinski definition) is 11. The van der Waals surface area contributed by atoms with Gasteiger partial charge in [0.15, 0.2) is 0 Å². The minimum absolute atomic E-state index is 0.0766. The van der Waals surface area contributed by atoms with E-state index in [4.69, 9.17) is 9.47 Å². The van der Waals surface area contributed by atoms with Crippen molar-refractivity contribution in [2.45, 2.75) is 70.4 Å². The van der Waals surface area contributed by atoms with Crippen LogP contribution in [0.15, 0.2) is 59.8 Å². The largest absolute Gasteiger partial charge is 0.496 e. The quantitative estimate of drug-likeness (QED) is 0.0958. The molecule has 1 unspecified atom stereocenters. The molecule has 5 heterocycles. The highest BCUT2D eigenvalue weighted by Gasteiger charge is 2.45. The first-order valence-corrected chi connectivity index (χ1v) is 20.3. The smallest absolute Gasteiger partial charge is 0.264 e. The van der Waals surface area contributed by atoms with E-state index in [0.717, 1.165) is 78.6 Å². The Morgan fingerprint density at radius 3 is 2.31 bits per heavy atom. The molecule has 2 fully saturated rings. The van der Waals surface area contributed by atoms with E-state index in [1.54, 1.807) is 56.4 Å². The molecule has 4 aromatic rings. The molecule has 310 valence electrons. The molecule has 3 aliphatic rings. The van der Waals surface area contributed by atoms with Crippen molar-refractivity contribution in [1.82, 2.24) is 30.0 Å². The average Bonchev–Trinajstić information content (AvgIpc) is 3.47. The number of nitrogens with zero attached hydrogens (tertiary/aromatic N) is 4. The second-order valence-corrected chi connectivity index (χ2v) is 15.6. The third-order valence-corrected chi connectivity index (χ3v) is 11.5. The number of carbonyl (C=O) groups is 5. The van der Waals surface area contributed by atoms with Crippen molar-refractivity contribution in [3.63, 3.8) is 0 Å². The lowest BCUT2D eigenvalue weighted by molar-refractivity contribution is -0.136. The Labute approximate surface area is 342 Å². The van der Waals surface area contributed by atoms with Crippen molar-refractivity contribution in [2.75, 3.05) is 45.7 Å². The number of aromatic nitrogens is 2. The number of methoxy groups -OCH3 is 2. The van der Waals surface area contributed by atoms with Crippen molar-refractivity contribution >= 4 is 46.0 Å². The maximum Gasteiger partial charge on any atom is 0.264 e. The summed E-state index contributed by atoms with van der Waals surface area (Å²) in [7, 11) is 5.01. The maximum absolute atomic E-state index is 13.3. The van der Waals surface area contributed by atoms with Gasteiger partial charge in [0.1, 0.15) is 17.5 Å². The third kappa shape index (κ3) is 8.85. The zero-order valence-electron chi connectivity index (χ0n) is 33.8. The summed E-state index contributed by atoms with van der Waals surface area (Å²) in [5.41, 5.74) is 3.68. The molecule has 0 bridgehead atoms. The van der Waals surface area contributed by atoms with E-state index in [9.17, 15) is 28.8 Å². The van der Waals surface area contributed by atoms with Crippen molar-refractivity contribution in [3.05, 3.63) is 82.0 Å². The summed E-state index contributed by atoms with van der Waals surface area (Å²) in [6, 6.07) is 9.89. The van der Waals surface area contributed by atoms with Crippen molar-refractivity contribution in [1.29, 1.82) is 0 Å². The molecule has 0 radical (unpaired) electrons. The third-order valence-electron chi connectivity index (χ3n) is 11.5. The van der Waals surface area contributed by atoms with Gasteiger partial charge in [-0.15, -0.1) is 0 Å². The summed E-state index contributed by atoms with van der Waals surface area (Å²) < 4.78 is 13.2. The van der Waals surface area contributed by atoms with Crippen LogP contribution in [0.4, 0.5) is 5.69 Å². The number of amides is 5. The van der Waals surface area contributed by atoms with Crippen molar-refractivity contribution in [2.24, 2.45) is 13.0 Å². The molecule has 2 aromatic carbocycles. The van der Waals surface area contributed by atoms with Gasteiger partial charge >= 0.3 is 0 Å². The monoisotopic (exact) mass is 805 g/mol. The second kappa shape index (κ2) is 18.2. The molecular weight excluding hydrogens is 755 g/mol. The van der Waals surface area contributed by atoms with Crippen LogP contribution in [0.25, 0.3) is 21.9 Å². The van der Waals surface area contributed by atoms with Crippen LogP contribution in [-0.2, 0) is 28.0 Å². The number of pyridine rings is 2. The zero-order chi connectivity index (χ0) is 41.6. The Hall–Kier alpha value is -6.09. The number of rotatable bonds is 18. The van der Waals surface area contributed by atoms with Gasteiger partial charge < -0.3 is 24.7 Å². The number of benzene rings is 2. The topological polar surface area (TPSA) is 181 Å². The molecule has 2 saturated heterocycles. The first-order valence-electron chi connectivity index (χ1n) is 20.3. The van der Waals surface area contributed by atoms with Crippen molar-refractivity contribution in [3.8, 4) is 22.6 Å². The van der Waals surface area contributed by atoms with E-state index in [1.165, 1.54) is 0 Å². The van der Waals surface area contributed by atoms with Crippen LogP contribution in [-0.4, -0.2) is 95.3 Å². The van der Waals surface area contributed by atoms with E-state index < -0.39 is 29.7 Å². The fourth-order valence-corrected chi connectivity index (χ4v) is 8.40. The molecule has 2 aromatic heterocycles. The molecule has 15 nitrogen and oxygen atoms in total. The van der Waals surface area contributed by atoms with Crippen LogP contribution in [0.3, 0.4) is 0 Å². The fraction of sp³-hybridized carbons (Fsp3) is 0.432. The predicted octanol–water partition coefficient (Wildman–Crippen LogP) is 4.41. The van der Waals surface area contributed by atoms with Gasteiger partial charge in [-0.1, -0.05) is 31.7 Å². The molecule has 15 heteroatoms. The lowest BCUT2D eigenvalue weighted by Crippen LogP contribution is -2.54. The van der Waals surface area contributed by atoms with Crippen LogP contribution in [0.2, 0.25) is 0 Å². The number of fused-ring (bicyclic) bond motifs is 2. The summed E-state index contributed by atoms with van der Waals surface area (Å²) in [4.78, 5) is 83.2. The van der Waals surface area contributed by atoms with Gasteiger partial charge in [-0.25, -0.2) is 0 Å². The Bertz CT molecular complexity index is 2310. The summed E-state index contributed by atoms with van der Waals surface area (Å²) in [6.45, 7) is 3.51. The van der Waals surface area contributed by atoms with Crippen LogP contribution in [0, 0.1) is 5.92 Å². The minimum Gasteiger partial charge on any atom is -0.496 e. The highest BCUT2D eigenvalue weighted by molar-refractivity contribution is 6.25. The molecule has 5 amide bonds. The number of carbonyl (C=O) groups excluding carboxylic acids is 5. The molecule has 0 saturated carbocycles. The maximum atomic E-state index is 13.3. The number of aryl methyl sites for hydroxylation is 1. The van der Waals surface area contributed by atoms with Gasteiger partial charge in [0.25, 0.3) is 17.4 Å². The number of ether oxygens (including phenoxy) is 2. The SMILES string of the molecule is COc1cc(-c2cn(C)c(=O)c3cnccc23)cc(OC)c1CN1CC(CC(=O)NCCCCCCCCNc2cccc3c2C(=O)N(C2CCC(=O)NC2=O)C3=O)C1. The van der Waals surface area contributed by atoms with E-state index >= 15 is 0 Å². The summed E-state index contributed by atoms with van der Waals surface area (Å²) >= 11 is 0. The van der Waals surface area contributed by atoms with Gasteiger partial charge in [0.05, 0.1) is 36.3 Å². The Kier molecular flexibility index (Phi) is 12.7. The van der Waals surface area contributed by atoms with Crippen LogP contribution >= 0.6 is 0 Å². The van der Waals surface area contributed by atoms with Gasteiger partial charge in [0.2, 0.25) is 17.7 Å². The lowest BCUT2D eigenvalue weighted by Gasteiger charge is -2.39. The standard InChI is InChI=1S/C44H51N7O8/c1-49-25-32(29-15-18-45-22-31(29)42(49)55)28-20-36(58-2)33(37(21-28)59-3)26-50-23-27(24-50)19-39(53)47-17-9-7-5-4-6-8-16-46-34-12-10-11-30-40(34)44(57)51(43(30)56)35-13-14-38(52)48-41(35)54/h10-12,15,18,20-22,25,27,35,46H,4-9,13-14,16-17,19,23-24,26H2,1-3H3,(H,47,53)(H,48,52,54). The molecule has 59 heavy (non-hydrogen) atoms. The summed E-state index contributed by atoms with van der Waals surface area (Å²) in [6.07, 6.45) is 11.7. The minimum atomic E-state index is -0.990. The van der Waals surface area contributed by atoms with Crippen LogP contribution < -0.4 is 31.0 Å². The van der Waals surface area contributed by atoms with E-state index in [1.807, 2.05) is 24.4 Å². The Balaban J connectivity index is 0.782. The highest BCUT2D eigenvalue weighted by atomic mass is 16.5. The predicted molar refractivity (Wildman–Crippen MR) is 221 cm³/mol. The lowest BCUT2D eigenvalue weighted by atomic mass is 9.94. The molecular formula is C44H51N7O8. The Morgan fingerprint density at radius 1 is 0.881 bits per heavy atom. The second-order valence-electron chi connectivity index (χ2n) is 15.6. The van der Waals surface area contributed by atoms with Gasteiger partial charge in [0, 0.05) is 82.5 Å². The normalized spacial score (nSPS) is 16.9. The molecule has 1 atom stereocenters.